The van der Waals surface area contributed by atoms with Crippen molar-refractivity contribution < 1.29 is 26.4 Å². The fourth-order valence-electron chi connectivity index (χ4n) is 2.05. The van der Waals surface area contributed by atoms with Crippen molar-refractivity contribution in [3.63, 3.8) is 0 Å². The van der Waals surface area contributed by atoms with Gasteiger partial charge in [0, 0.05) is 12.8 Å². The highest BCUT2D eigenvalue weighted by molar-refractivity contribution is 7.93. The lowest BCUT2D eigenvalue weighted by atomic mass is 10.2. The van der Waals surface area contributed by atoms with Crippen LogP contribution in [0.1, 0.15) is 33.6 Å². The molecule has 1 rings (SSSR count). The second-order valence-electron chi connectivity index (χ2n) is 6.25. The fraction of sp³-hybridized carbons (Fsp3) is 0.917. The van der Waals surface area contributed by atoms with Crippen LogP contribution >= 0.6 is 0 Å². The Morgan fingerprint density at radius 3 is 2.24 bits per heavy atom. The molecule has 0 unspecified atom stereocenters. The van der Waals surface area contributed by atoms with Gasteiger partial charge in [0.2, 0.25) is 10.0 Å². The van der Waals surface area contributed by atoms with Crippen LogP contribution in [0.25, 0.3) is 0 Å². The highest BCUT2D eigenvalue weighted by Crippen LogP contribution is 2.24. The molecule has 21 heavy (non-hydrogen) atoms. The van der Waals surface area contributed by atoms with Crippen LogP contribution in [-0.4, -0.2) is 63.1 Å². The minimum absolute atomic E-state index is 0.218. The molecule has 1 aliphatic heterocycles. The van der Waals surface area contributed by atoms with Gasteiger partial charge in [-0.15, -0.1) is 0 Å². The zero-order valence-electron chi connectivity index (χ0n) is 12.8. The lowest BCUT2D eigenvalue weighted by molar-refractivity contribution is -0.158. The maximum absolute atomic E-state index is 12.2. The van der Waals surface area contributed by atoms with Crippen molar-refractivity contribution >= 4 is 25.8 Å². The van der Waals surface area contributed by atoms with Gasteiger partial charge in [-0.25, -0.2) is 16.8 Å². The van der Waals surface area contributed by atoms with E-state index in [-0.39, 0.29) is 6.54 Å². The number of rotatable bonds is 5. The van der Waals surface area contributed by atoms with Crippen LogP contribution in [0.3, 0.4) is 0 Å². The van der Waals surface area contributed by atoms with Gasteiger partial charge in [0.25, 0.3) is 0 Å². The molecule has 1 heterocycles. The topological polar surface area (TPSA) is 97.8 Å². The Labute approximate surface area is 126 Å². The molecule has 1 saturated heterocycles. The number of hydrogen-bond acceptors (Lipinski definition) is 6. The largest absolute Gasteiger partial charge is 0.459 e. The van der Waals surface area contributed by atoms with Crippen LogP contribution in [0.4, 0.5) is 0 Å². The van der Waals surface area contributed by atoms with Crippen LogP contribution in [-0.2, 0) is 29.4 Å². The average molecular weight is 341 g/mol. The van der Waals surface area contributed by atoms with E-state index in [2.05, 4.69) is 0 Å². The molecule has 0 aromatic carbocycles. The van der Waals surface area contributed by atoms with Crippen molar-refractivity contribution in [1.29, 1.82) is 0 Å². The highest BCUT2D eigenvalue weighted by atomic mass is 32.2. The summed E-state index contributed by atoms with van der Waals surface area (Å²) < 4.78 is 53.0. The molecule has 7 nitrogen and oxygen atoms in total. The van der Waals surface area contributed by atoms with Crippen molar-refractivity contribution in [2.24, 2.45) is 0 Å². The summed E-state index contributed by atoms with van der Waals surface area (Å²) in [7, 11) is -7.17. The second kappa shape index (κ2) is 6.21. The molecule has 0 aromatic rings. The summed E-state index contributed by atoms with van der Waals surface area (Å²) in [6, 6.07) is -0.853. The molecule has 0 radical (unpaired) electrons. The van der Waals surface area contributed by atoms with E-state index in [9.17, 15) is 21.6 Å². The highest BCUT2D eigenvalue weighted by Gasteiger charge is 2.40. The van der Waals surface area contributed by atoms with Crippen molar-refractivity contribution in [3.8, 4) is 0 Å². The summed E-state index contributed by atoms with van der Waals surface area (Å²) in [6.07, 6.45) is 1.94. The van der Waals surface area contributed by atoms with Crippen molar-refractivity contribution in [2.75, 3.05) is 24.3 Å². The molecule has 0 spiro atoms. The monoisotopic (exact) mass is 341 g/mol. The van der Waals surface area contributed by atoms with E-state index < -0.39 is 49.0 Å². The molecule has 0 saturated carbocycles. The maximum atomic E-state index is 12.2. The van der Waals surface area contributed by atoms with Crippen molar-refractivity contribution in [3.05, 3.63) is 0 Å². The van der Waals surface area contributed by atoms with E-state index in [0.717, 1.165) is 10.6 Å². The van der Waals surface area contributed by atoms with E-state index >= 15 is 0 Å². The Bertz CT molecular complexity index is 588. The quantitative estimate of drug-likeness (QED) is 0.661. The molecule has 124 valence electrons. The fourth-order valence-corrected chi connectivity index (χ4v) is 5.33. The van der Waals surface area contributed by atoms with Crippen molar-refractivity contribution in [1.82, 2.24) is 4.31 Å². The first-order chi connectivity index (χ1) is 9.32. The number of carbonyl (C=O) groups excluding carboxylic acids is 1. The Hall–Kier alpha value is -0.670. The molecule has 1 aliphatic rings. The molecular formula is C12H23NO6S2. The number of nitrogens with zero attached hydrogens (tertiary/aromatic N) is 1. The molecule has 0 aliphatic carbocycles. The summed E-state index contributed by atoms with van der Waals surface area (Å²) in [5.74, 6) is -1.54. The van der Waals surface area contributed by atoms with Gasteiger partial charge in [0.15, 0.2) is 0 Å². The standard InChI is InChI=1S/C12H23NO6S2/c1-12(2,3)19-11(14)10-6-5-7-13(10)21(17,18)9-8-20(4,15)16/h10H,5-9H2,1-4H3/t10-/m1/s1. The molecule has 0 bridgehead atoms. The van der Waals surface area contributed by atoms with Gasteiger partial charge in [-0.3, -0.25) is 4.79 Å². The first kappa shape index (κ1) is 18.4. The number of hydrogen-bond donors (Lipinski definition) is 0. The Morgan fingerprint density at radius 2 is 1.76 bits per heavy atom. The van der Waals surface area contributed by atoms with Gasteiger partial charge in [0.05, 0.1) is 11.5 Å². The number of carbonyl (C=O) groups is 1. The zero-order chi connectivity index (χ0) is 16.5. The summed E-state index contributed by atoms with van der Waals surface area (Å²) in [6.45, 7) is 5.35. The number of ether oxygens (including phenoxy) is 1. The third-order valence-corrected chi connectivity index (χ3v) is 6.03. The molecule has 9 heteroatoms. The Morgan fingerprint density at radius 1 is 1.19 bits per heavy atom. The SMILES string of the molecule is CC(C)(C)OC(=O)[C@H]1CCCN1S(=O)(=O)CCS(C)(=O)=O. The third kappa shape index (κ3) is 5.91. The van der Waals surface area contributed by atoms with E-state index in [1.165, 1.54) is 0 Å². The van der Waals surface area contributed by atoms with E-state index in [0.29, 0.717) is 12.8 Å². The number of esters is 1. The van der Waals surface area contributed by atoms with Crippen LogP contribution < -0.4 is 0 Å². The summed E-state index contributed by atoms with van der Waals surface area (Å²) in [5, 5.41) is 0. The minimum Gasteiger partial charge on any atom is -0.459 e. The van der Waals surface area contributed by atoms with Crippen molar-refractivity contribution in [2.45, 2.75) is 45.3 Å². The van der Waals surface area contributed by atoms with E-state index in [4.69, 9.17) is 4.74 Å². The molecule has 1 fully saturated rings. The Kier molecular flexibility index (Phi) is 5.44. The van der Waals surface area contributed by atoms with Gasteiger partial charge in [-0.2, -0.15) is 4.31 Å². The summed E-state index contributed by atoms with van der Waals surface area (Å²) in [4.78, 5) is 12.1. The molecule has 0 amide bonds. The van der Waals surface area contributed by atoms with Gasteiger partial charge in [0.1, 0.15) is 21.5 Å². The molecule has 0 aromatic heterocycles. The number of sulfonamides is 1. The maximum Gasteiger partial charge on any atom is 0.324 e. The van der Waals surface area contributed by atoms with E-state index in [1.807, 2.05) is 0 Å². The van der Waals surface area contributed by atoms with Crippen LogP contribution in [0.2, 0.25) is 0 Å². The van der Waals surface area contributed by atoms with E-state index in [1.54, 1.807) is 20.8 Å². The molecule has 1 atom stereocenters. The second-order valence-corrected chi connectivity index (χ2v) is 10.5. The van der Waals surface area contributed by atoms with Crippen LogP contribution in [0, 0.1) is 0 Å². The minimum atomic E-state index is -3.79. The summed E-state index contributed by atoms with van der Waals surface area (Å²) in [5.41, 5.74) is -0.693. The Balaban J connectivity index is 2.83. The smallest absolute Gasteiger partial charge is 0.324 e. The molecule has 0 N–H and O–H groups in total. The summed E-state index contributed by atoms with van der Waals surface area (Å²) >= 11 is 0. The van der Waals surface area contributed by atoms with Gasteiger partial charge >= 0.3 is 5.97 Å². The number of sulfone groups is 1. The van der Waals surface area contributed by atoms with Gasteiger partial charge < -0.3 is 4.74 Å². The first-order valence-electron chi connectivity index (χ1n) is 6.72. The lowest BCUT2D eigenvalue weighted by Crippen LogP contribution is -2.45. The van der Waals surface area contributed by atoms with Crippen LogP contribution in [0.15, 0.2) is 0 Å². The molecular weight excluding hydrogens is 318 g/mol. The van der Waals surface area contributed by atoms with Gasteiger partial charge in [-0.05, 0) is 33.6 Å². The normalized spacial score (nSPS) is 21.4. The van der Waals surface area contributed by atoms with Crippen LogP contribution in [0.5, 0.6) is 0 Å². The lowest BCUT2D eigenvalue weighted by Gasteiger charge is -2.26. The predicted molar refractivity (Wildman–Crippen MR) is 79.1 cm³/mol. The van der Waals surface area contributed by atoms with Gasteiger partial charge in [-0.1, -0.05) is 0 Å². The third-order valence-electron chi connectivity index (χ3n) is 2.95. The average Bonchev–Trinajstić information content (AvgIpc) is 2.72. The predicted octanol–water partition coefficient (Wildman–Crippen LogP) is 0.167. The first-order valence-corrected chi connectivity index (χ1v) is 10.4. The zero-order valence-corrected chi connectivity index (χ0v) is 14.5.